The van der Waals surface area contributed by atoms with Crippen molar-refractivity contribution in [2.45, 2.75) is 18.1 Å². The van der Waals surface area contributed by atoms with E-state index in [1.54, 1.807) is 11.3 Å². The predicted molar refractivity (Wildman–Crippen MR) is 66.9 cm³/mol. The molecule has 0 N–H and O–H groups in total. The molecule has 78 valence electrons. The van der Waals surface area contributed by atoms with E-state index in [-0.39, 0.29) is 0 Å². The first-order chi connectivity index (χ1) is 7.34. The van der Waals surface area contributed by atoms with Crippen LogP contribution in [0.4, 0.5) is 0 Å². The molecule has 1 aliphatic heterocycles. The number of nitrogens with zero attached hydrogens (tertiary/aromatic N) is 2. The van der Waals surface area contributed by atoms with Gasteiger partial charge >= 0.3 is 0 Å². The van der Waals surface area contributed by atoms with E-state index in [1.165, 1.54) is 18.6 Å². The first-order valence-electron chi connectivity index (χ1n) is 4.87. The highest BCUT2D eigenvalue weighted by atomic mass is 35.5. The van der Waals surface area contributed by atoms with E-state index in [0.717, 1.165) is 16.0 Å². The molecule has 1 unspecified atom stereocenters. The van der Waals surface area contributed by atoms with Crippen molar-refractivity contribution in [3.63, 3.8) is 0 Å². The van der Waals surface area contributed by atoms with Gasteiger partial charge in [0.2, 0.25) is 0 Å². The van der Waals surface area contributed by atoms with Crippen molar-refractivity contribution in [2.24, 2.45) is 0 Å². The van der Waals surface area contributed by atoms with Crippen LogP contribution < -0.4 is 0 Å². The molecule has 0 aliphatic carbocycles. The van der Waals surface area contributed by atoms with Gasteiger partial charge < -0.3 is 0 Å². The normalized spacial score (nSPS) is 21.3. The minimum Gasteiger partial charge on any atom is -0.221 e. The maximum Gasteiger partial charge on any atom is 0.144 e. The summed E-state index contributed by atoms with van der Waals surface area (Å²) < 4.78 is 0. The van der Waals surface area contributed by atoms with E-state index < -0.39 is 0 Å². The molecule has 0 radical (unpaired) electrons. The molecular weight excluding hydrogens is 248 g/mol. The van der Waals surface area contributed by atoms with Gasteiger partial charge in [0.25, 0.3) is 0 Å². The minimum atomic E-state index is 0.453. The molecule has 1 fully saturated rings. The Labute approximate surface area is 101 Å². The third kappa shape index (κ3) is 1.75. The second-order valence-corrected chi connectivity index (χ2v) is 6.08. The van der Waals surface area contributed by atoms with Gasteiger partial charge in [-0.3, -0.25) is 0 Å². The zero-order chi connectivity index (χ0) is 10.3. The van der Waals surface area contributed by atoms with Crippen molar-refractivity contribution in [3.8, 4) is 0 Å². The summed E-state index contributed by atoms with van der Waals surface area (Å²) >= 11 is 9.69. The Kier molecular flexibility index (Phi) is 2.58. The quantitative estimate of drug-likeness (QED) is 0.724. The molecule has 2 nitrogen and oxygen atoms in total. The third-order valence-electron chi connectivity index (χ3n) is 2.51. The highest BCUT2D eigenvalue weighted by Crippen LogP contribution is 2.39. The number of fused-ring (bicyclic) bond motifs is 1. The molecule has 3 rings (SSSR count). The van der Waals surface area contributed by atoms with Gasteiger partial charge in [0.05, 0.1) is 5.25 Å². The number of halogens is 1. The van der Waals surface area contributed by atoms with Gasteiger partial charge in [-0.25, -0.2) is 9.97 Å². The van der Waals surface area contributed by atoms with Crippen LogP contribution in [0.1, 0.15) is 23.9 Å². The molecule has 0 aromatic carbocycles. The van der Waals surface area contributed by atoms with Crippen LogP contribution in [0.15, 0.2) is 11.4 Å². The van der Waals surface area contributed by atoms with Crippen LogP contribution in [-0.4, -0.2) is 15.7 Å². The lowest BCUT2D eigenvalue weighted by Gasteiger charge is -2.06. The Balaban J connectivity index is 2.11. The van der Waals surface area contributed by atoms with Crippen LogP contribution >= 0.6 is 34.7 Å². The smallest absolute Gasteiger partial charge is 0.144 e. The number of aromatic nitrogens is 2. The van der Waals surface area contributed by atoms with Gasteiger partial charge in [0, 0.05) is 5.39 Å². The number of rotatable bonds is 1. The maximum absolute atomic E-state index is 6.13. The number of thiophene rings is 1. The Morgan fingerprint density at radius 2 is 2.33 bits per heavy atom. The molecule has 15 heavy (non-hydrogen) atoms. The average molecular weight is 257 g/mol. The SMILES string of the molecule is Clc1nc(C2CCCS2)nc2sccc12. The Hall–Kier alpha value is -0.320. The van der Waals surface area contributed by atoms with Crippen LogP contribution in [0.2, 0.25) is 5.15 Å². The van der Waals surface area contributed by atoms with Gasteiger partial charge in [0.1, 0.15) is 15.8 Å². The number of hydrogen-bond acceptors (Lipinski definition) is 4. The summed E-state index contributed by atoms with van der Waals surface area (Å²) in [5, 5.41) is 4.04. The summed E-state index contributed by atoms with van der Waals surface area (Å²) in [4.78, 5) is 9.99. The topological polar surface area (TPSA) is 25.8 Å². The van der Waals surface area contributed by atoms with Gasteiger partial charge in [-0.15, -0.1) is 11.3 Å². The predicted octanol–water partition coefficient (Wildman–Crippen LogP) is 3.91. The van der Waals surface area contributed by atoms with Crippen molar-refractivity contribution in [1.82, 2.24) is 9.97 Å². The summed E-state index contributed by atoms with van der Waals surface area (Å²) in [6.45, 7) is 0. The monoisotopic (exact) mass is 256 g/mol. The van der Waals surface area contributed by atoms with E-state index in [1.807, 2.05) is 23.2 Å². The molecule has 5 heteroatoms. The van der Waals surface area contributed by atoms with Gasteiger partial charge in [-0.1, -0.05) is 11.6 Å². The summed E-state index contributed by atoms with van der Waals surface area (Å²) in [5.74, 6) is 2.13. The van der Waals surface area contributed by atoms with Crippen molar-refractivity contribution < 1.29 is 0 Å². The molecule has 0 amide bonds. The second kappa shape index (κ2) is 3.92. The lowest BCUT2D eigenvalue weighted by atomic mass is 10.2. The maximum atomic E-state index is 6.13. The Morgan fingerprint density at radius 3 is 3.13 bits per heavy atom. The number of hydrogen-bond donors (Lipinski definition) is 0. The van der Waals surface area contributed by atoms with Crippen LogP contribution in [0.25, 0.3) is 10.2 Å². The van der Waals surface area contributed by atoms with E-state index in [0.29, 0.717) is 10.4 Å². The van der Waals surface area contributed by atoms with E-state index in [9.17, 15) is 0 Å². The molecule has 2 aromatic rings. The Morgan fingerprint density at radius 1 is 1.40 bits per heavy atom. The lowest BCUT2D eigenvalue weighted by Crippen LogP contribution is -1.97. The molecule has 0 saturated carbocycles. The van der Waals surface area contributed by atoms with Crippen LogP contribution in [0.3, 0.4) is 0 Å². The van der Waals surface area contributed by atoms with Gasteiger partial charge in [-0.2, -0.15) is 11.8 Å². The minimum absolute atomic E-state index is 0.453. The molecule has 0 spiro atoms. The molecule has 2 aromatic heterocycles. The van der Waals surface area contributed by atoms with Crippen molar-refractivity contribution in [3.05, 3.63) is 22.4 Å². The largest absolute Gasteiger partial charge is 0.221 e. The summed E-state index contributed by atoms with van der Waals surface area (Å²) in [6.07, 6.45) is 2.44. The average Bonchev–Trinajstić information content (AvgIpc) is 2.88. The molecule has 3 heterocycles. The highest BCUT2D eigenvalue weighted by molar-refractivity contribution is 7.99. The fourth-order valence-corrected chi connectivity index (χ4v) is 4.03. The van der Waals surface area contributed by atoms with E-state index in [4.69, 9.17) is 11.6 Å². The molecule has 0 bridgehead atoms. The first-order valence-corrected chi connectivity index (χ1v) is 7.17. The fraction of sp³-hybridized carbons (Fsp3) is 0.400. The highest BCUT2D eigenvalue weighted by Gasteiger charge is 2.21. The summed E-state index contributed by atoms with van der Waals surface area (Å²) in [6, 6.07) is 1.98. The third-order valence-corrected chi connectivity index (χ3v) is 4.98. The van der Waals surface area contributed by atoms with E-state index >= 15 is 0 Å². The van der Waals surface area contributed by atoms with Gasteiger partial charge in [0.15, 0.2) is 0 Å². The van der Waals surface area contributed by atoms with Crippen LogP contribution in [0, 0.1) is 0 Å². The van der Waals surface area contributed by atoms with Crippen molar-refractivity contribution >= 4 is 44.9 Å². The fourth-order valence-electron chi connectivity index (χ4n) is 1.76. The van der Waals surface area contributed by atoms with Gasteiger partial charge in [-0.05, 0) is 30.0 Å². The Bertz CT molecular complexity index is 491. The van der Waals surface area contributed by atoms with Crippen molar-refractivity contribution in [2.75, 3.05) is 5.75 Å². The lowest BCUT2D eigenvalue weighted by molar-refractivity contribution is 0.783. The number of thioether (sulfide) groups is 1. The van der Waals surface area contributed by atoms with Crippen LogP contribution in [-0.2, 0) is 0 Å². The zero-order valence-corrected chi connectivity index (χ0v) is 10.3. The molecule has 1 saturated heterocycles. The zero-order valence-electron chi connectivity index (χ0n) is 7.94. The summed E-state index contributed by atoms with van der Waals surface area (Å²) in [7, 11) is 0. The van der Waals surface area contributed by atoms with E-state index in [2.05, 4.69) is 9.97 Å². The molecular formula is C10H9ClN2S2. The van der Waals surface area contributed by atoms with Crippen LogP contribution in [0.5, 0.6) is 0 Å². The first kappa shape index (κ1) is 9.87. The summed E-state index contributed by atoms with van der Waals surface area (Å²) in [5.41, 5.74) is 0. The second-order valence-electron chi connectivity index (χ2n) is 3.51. The molecule has 1 aliphatic rings. The molecule has 1 atom stereocenters. The standard InChI is InChI=1S/C10H9ClN2S2/c11-8-6-3-5-15-10(6)13-9(12-8)7-2-1-4-14-7/h3,5,7H,1-2,4H2. The van der Waals surface area contributed by atoms with Crippen molar-refractivity contribution in [1.29, 1.82) is 0 Å².